The Morgan fingerprint density at radius 2 is 2.00 bits per heavy atom. The van der Waals surface area contributed by atoms with E-state index in [1.807, 2.05) is 4.90 Å². The van der Waals surface area contributed by atoms with Crippen LogP contribution < -0.4 is 0 Å². The normalized spacial score (nSPS) is 18.1. The van der Waals surface area contributed by atoms with Gasteiger partial charge in [0.2, 0.25) is 5.91 Å². The van der Waals surface area contributed by atoms with Crippen molar-refractivity contribution in [1.29, 1.82) is 0 Å². The number of likely N-dealkylation sites (tertiary alicyclic amines) is 1. The van der Waals surface area contributed by atoms with Crippen LogP contribution >= 0.6 is 11.8 Å². The first-order valence-electron chi connectivity index (χ1n) is 6.10. The molecule has 1 fully saturated rings. The van der Waals surface area contributed by atoms with Crippen molar-refractivity contribution >= 4 is 17.7 Å². The molecule has 1 saturated heterocycles. The molecule has 4 heteroatoms. The molecule has 0 radical (unpaired) electrons. The van der Waals surface area contributed by atoms with Gasteiger partial charge in [-0.25, -0.2) is 0 Å². The summed E-state index contributed by atoms with van der Waals surface area (Å²) in [4.78, 5) is 16.0. The molecule has 0 aromatic carbocycles. The van der Waals surface area contributed by atoms with Crippen LogP contribution in [0.25, 0.3) is 0 Å². The molecule has 0 bridgehead atoms. The van der Waals surface area contributed by atoms with Crippen molar-refractivity contribution in [2.24, 2.45) is 5.92 Å². The molecule has 0 spiro atoms. The number of hydrogen-bond donors (Lipinski definition) is 0. The molecule has 1 aliphatic rings. The minimum Gasteiger partial charge on any atom is -0.342 e. The third kappa shape index (κ3) is 5.21. The molecule has 0 atom stereocenters. The Balaban J connectivity index is 2.10. The average Bonchev–Trinajstić information content (AvgIpc) is 2.25. The van der Waals surface area contributed by atoms with Gasteiger partial charge in [-0.1, -0.05) is 6.92 Å². The quantitative estimate of drug-likeness (QED) is 0.685. The second-order valence-corrected chi connectivity index (χ2v) is 6.02. The van der Waals surface area contributed by atoms with Crippen molar-refractivity contribution in [3.63, 3.8) is 0 Å². The Kier molecular flexibility index (Phi) is 6.21. The lowest BCUT2D eigenvalue weighted by Gasteiger charge is -2.30. The number of carbonyl (C=O) groups is 1. The largest absolute Gasteiger partial charge is 0.342 e. The Morgan fingerprint density at radius 3 is 2.56 bits per heavy atom. The lowest BCUT2D eigenvalue weighted by Crippen LogP contribution is -2.39. The minimum atomic E-state index is 0.329. The van der Waals surface area contributed by atoms with E-state index in [1.165, 1.54) is 12.8 Å². The highest BCUT2D eigenvalue weighted by molar-refractivity contribution is 7.99. The smallest absolute Gasteiger partial charge is 0.232 e. The van der Waals surface area contributed by atoms with Gasteiger partial charge < -0.3 is 9.80 Å². The number of nitrogens with zero attached hydrogens (tertiary/aromatic N) is 2. The van der Waals surface area contributed by atoms with Crippen LogP contribution in [0.2, 0.25) is 0 Å². The number of hydrogen-bond acceptors (Lipinski definition) is 3. The monoisotopic (exact) mass is 244 g/mol. The molecular formula is C12H24N2OS. The van der Waals surface area contributed by atoms with Crippen molar-refractivity contribution in [3.05, 3.63) is 0 Å². The van der Waals surface area contributed by atoms with Gasteiger partial charge in [0.05, 0.1) is 5.75 Å². The van der Waals surface area contributed by atoms with E-state index >= 15 is 0 Å². The van der Waals surface area contributed by atoms with Crippen LogP contribution in [0.1, 0.15) is 19.8 Å². The zero-order valence-electron chi connectivity index (χ0n) is 10.7. The molecule has 0 aromatic heterocycles. The van der Waals surface area contributed by atoms with E-state index in [2.05, 4.69) is 25.9 Å². The standard InChI is InChI=1S/C12H24N2OS/c1-11-4-6-14(7-5-11)12(15)10-16-9-8-13(2)3/h11H,4-10H2,1-3H3. The van der Waals surface area contributed by atoms with E-state index in [0.29, 0.717) is 11.7 Å². The van der Waals surface area contributed by atoms with Crippen LogP contribution in [0.15, 0.2) is 0 Å². The van der Waals surface area contributed by atoms with Gasteiger partial charge in [-0.05, 0) is 32.9 Å². The molecule has 1 rings (SSSR count). The van der Waals surface area contributed by atoms with Crippen LogP contribution in [-0.4, -0.2) is 60.9 Å². The van der Waals surface area contributed by atoms with Crippen LogP contribution in [0.5, 0.6) is 0 Å². The fourth-order valence-electron chi connectivity index (χ4n) is 1.76. The zero-order valence-corrected chi connectivity index (χ0v) is 11.6. The molecule has 1 heterocycles. The Hall–Kier alpha value is -0.220. The molecule has 0 aliphatic carbocycles. The highest BCUT2D eigenvalue weighted by Crippen LogP contribution is 2.16. The van der Waals surface area contributed by atoms with Crippen molar-refractivity contribution in [2.45, 2.75) is 19.8 Å². The summed E-state index contributed by atoms with van der Waals surface area (Å²) in [5.74, 6) is 2.83. The summed E-state index contributed by atoms with van der Waals surface area (Å²) in [5, 5.41) is 0. The van der Waals surface area contributed by atoms with E-state index in [9.17, 15) is 4.79 Å². The van der Waals surface area contributed by atoms with Gasteiger partial charge in [-0.3, -0.25) is 4.79 Å². The van der Waals surface area contributed by atoms with E-state index in [-0.39, 0.29) is 0 Å². The first-order valence-corrected chi connectivity index (χ1v) is 7.25. The van der Waals surface area contributed by atoms with Gasteiger partial charge in [-0.15, -0.1) is 0 Å². The van der Waals surface area contributed by atoms with Gasteiger partial charge in [0, 0.05) is 25.4 Å². The number of carbonyl (C=O) groups excluding carboxylic acids is 1. The first kappa shape index (κ1) is 13.8. The average molecular weight is 244 g/mol. The lowest BCUT2D eigenvalue weighted by atomic mass is 9.99. The van der Waals surface area contributed by atoms with Crippen molar-refractivity contribution in [1.82, 2.24) is 9.80 Å². The fraction of sp³-hybridized carbons (Fsp3) is 0.917. The Morgan fingerprint density at radius 1 is 1.38 bits per heavy atom. The Labute approximate surface area is 104 Å². The van der Waals surface area contributed by atoms with Gasteiger partial charge >= 0.3 is 0 Å². The summed E-state index contributed by atoms with van der Waals surface area (Å²) in [5.41, 5.74) is 0. The highest BCUT2D eigenvalue weighted by atomic mass is 32.2. The van der Waals surface area contributed by atoms with E-state index in [1.54, 1.807) is 11.8 Å². The zero-order chi connectivity index (χ0) is 12.0. The maximum absolute atomic E-state index is 11.8. The van der Waals surface area contributed by atoms with Gasteiger partial charge in [0.1, 0.15) is 0 Å². The molecule has 16 heavy (non-hydrogen) atoms. The molecule has 3 nitrogen and oxygen atoms in total. The maximum Gasteiger partial charge on any atom is 0.232 e. The van der Waals surface area contributed by atoms with Crippen molar-refractivity contribution in [2.75, 3.05) is 45.2 Å². The van der Waals surface area contributed by atoms with Gasteiger partial charge in [-0.2, -0.15) is 11.8 Å². The number of amides is 1. The van der Waals surface area contributed by atoms with E-state index in [0.717, 1.165) is 31.3 Å². The fourth-order valence-corrected chi connectivity index (χ4v) is 2.75. The molecular weight excluding hydrogens is 220 g/mol. The van der Waals surface area contributed by atoms with Crippen LogP contribution in [0.4, 0.5) is 0 Å². The van der Waals surface area contributed by atoms with Crippen LogP contribution in [0.3, 0.4) is 0 Å². The first-order chi connectivity index (χ1) is 7.59. The second kappa shape index (κ2) is 7.17. The molecule has 0 aromatic rings. The SMILES string of the molecule is CC1CCN(C(=O)CSCCN(C)C)CC1. The van der Waals surface area contributed by atoms with E-state index in [4.69, 9.17) is 0 Å². The minimum absolute atomic E-state index is 0.329. The van der Waals surface area contributed by atoms with Crippen molar-refractivity contribution in [3.8, 4) is 0 Å². The molecule has 94 valence electrons. The van der Waals surface area contributed by atoms with Crippen LogP contribution in [0, 0.1) is 5.92 Å². The summed E-state index contributed by atoms with van der Waals surface area (Å²) in [6.07, 6.45) is 2.35. The summed E-state index contributed by atoms with van der Waals surface area (Å²) in [6, 6.07) is 0. The Bertz CT molecular complexity index is 213. The molecule has 0 saturated carbocycles. The number of thioether (sulfide) groups is 1. The predicted octanol–water partition coefficient (Wildman–Crippen LogP) is 1.54. The van der Waals surface area contributed by atoms with Crippen LogP contribution in [-0.2, 0) is 4.79 Å². The maximum atomic E-state index is 11.8. The number of rotatable bonds is 5. The summed E-state index contributed by atoms with van der Waals surface area (Å²) in [7, 11) is 4.13. The predicted molar refractivity (Wildman–Crippen MR) is 70.9 cm³/mol. The van der Waals surface area contributed by atoms with Crippen molar-refractivity contribution < 1.29 is 4.79 Å². The topological polar surface area (TPSA) is 23.6 Å². The molecule has 0 unspecified atom stereocenters. The van der Waals surface area contributed by atoms with Gasteiger partial charge in [0.15, 0.2) is 0 Å². The third-order valence-electron chi connectivity index (χ3n) is 3.04. The number of piperidine rings is 1. The highest BCUT2D eigenvalue weighted by Gasteiger charge is 2.19. The summed E-state index contributed by atoms with van der Waals surface area (Å²) < 4.78 is 0. The summed E-state index contributed by atoms with van der Waals surface area (Å²) >= 11 is 1.75. The molecule has 0 N–H and O–H groups in total. The molecule has 1 amide bonds. The van der Waals surface area contributed by atoms with E-state index < -0.39 is 0 Å². The summed E-state index contributed by atoms with van der Waals surface area (Å²) in [6.45, 7) is 5.26. The molecule has 1 aliphatic heterocycles. The van der Waals surface area contributed by atoms with Gasteiger partial charge in [0.25, 0.3) is 0 Å². The third-order valence-corrected chi connectivity index (χ3v) is 3.97. The second-order valence-electron chi connectivity index (χ2n) is 4.92. The lowest BCUT2D eigenvalue weighted by molar-refractivity contribution is -0.129.